The second-order valence-electron chi connectivity index (χ2n) is 7.59. The zero-order chi connectivity index (χ0) is 17.3. The average molecular weight is 399 g/mol. The van der Waals surface area contributed by atoms with Crippen molar-refractivity contribution < 1.29 is 14.2 Å². The minimum Gasteiger partial charge on any atom is -0.371 e. The van der Waals surface area contributed by atoms with Gasteiger partial charge in [0.05, 0.1) is 18.3 Å². The van der Waals surface area contributed by atoms with Gasteiger partial charge in [0.1, 0.15) is 0 Å². The maximum absolute atomic E-state index is 6.67. The molecule has 0 aromatic rings. The van der Waals surface area contributed by atoms with Crippen molar-refractivity contribution in [3.8, 4) is 0 Å². The molecule has 2 saturated carbocycles. The van der Waals surface area contributed by atoms with Crippen molar-refractivity contribution in [1.82, 2.24) is 0 Å². The highest BCUT2D eigenvalue weighted by Crippen LogP contribution is 2.58. The first kappa shape index (κ1) is 18.6. The molecule has 0 aromatic heterocycles. The van der Waals surface area contributed by atoms with Gasteiger partial charge in [0.15, 0.2) is 6.29 Å². The van der Waals surface area contributed by atoms with Crippen molar-refractivity contribution >= 4 is 15.9 Å². The molecule has 2 bridgehead atoms. The summed E-state index contributed by atoms with van der Waals surface area (Å²) in [4.78, 5) is 0.454. The van der Waals surface area contributed by atoms with Crippen molar-refractivity contribution in [2.75, 3.05) is 7.11 Å². The van der Waals surface area contributed by atoms with E-state index in [1.807, 2.05) is 12.2 Å². The number of allylic oxidation sites excluding steroid dienone is 2. The van der Waals surface area contributed by atoms with Gasteiger partial charge in [-0.15, -0.1) is 13.2 Å². The van der Waals surface area contributed by atoms with Gasteiger partial charge in [0, 0.05) is 17.9 Å². The van der Waals surface area contributed by atoms with Crippen LogP contribution in [0.1, 0.15) is 39.0 Å². The van der Waals surface area contributed by atoms with Crippen molar-refractivity contribution in [2.24, 2.45) is 23.7 Å². The molecule has 3 rings (SSSR count). The predicted molar refractivity (Wildman–Crippen MR) is 100 cm³/mol. The molecule has 1 saturated heterocycles. The monoisotopic (exact) mass is 398 g/mol. The molecular formula is C20H31BrO3. The van der Waals surface area contributed by atoms with Crippen LogP contribution in [0, 0.1) is 23.7 Å². The van der Waals surface area contributed by atoms with Crippen molar-refractivity contribution in [2.45, 2.75) is 68.5 Å². The summed E-state index contributed by atoms with van der Waals surface area (Å²) in [7, 11) is 1.79. The molecule has 0 spiro atoms. The second-order valence-corrected chi connectivity index (χ2v) is 8.65. The predicted octanol–water partition coefficient (Wildman–Crippen LogP) is 4.71. The first-order valence-electron chi connectivity index (χ1n) is 9.31. The SMILES string of the molecule is C=CCC[C@@H]1O[C@@H](OC)[C@@H]2[C@@H](C)[C@H]3C[C@@H]2[C@@H](O[C@@H]1CCC=C)[C@@H]3Br. The molecule has 3 fully saturated rings. The quantitative estimate of drug-likeness (QED) is 0.459. The maximum Gasteiger partial charge on any atom is 0.161 e. The fourth-order valence-corrected chi connectivity index (χ4v) is 6.38. The third-order valence-electron chi connectivity index (χ3n) is 6.38. The summed E-state index contributed by atoms with van der Waals surface area (Å²) < 4.78 is 19.0. The third kappa shape index (κ3) is 3.27. The van der Waals surface area contributed by atoms with Crippen LogP contribution < -0.4 is 0 Å². The Bertz CT molecular complexity index is 454. The molecular weight excluding hydrogens is 368 g/mol. The maximum atomic E-state index is 6.67. The molecule has 0 radical (unpaired) electrons. The Balaban J connectivity index is 1.85. The smallest absolute Gasteiger partial charge is 0.161 e. The van der Waals surface area contributed by atoms with Crippen LogP contribution >= 0.6 is 15.9 Å². The number of halogens is 1. The lowest BCUT2D eigenvalue weighted by molar-refractivity contribution is -0.260. The number of hydrogen-bond acceptors (Lipinski definition) is 3. The lowest BCUT2D eigenvalue weighted by Crippen LogP contribution is -2.53. The summed E-state index contributed by atoms with van der Waals surface area (Å²) in [5, 5.41) is 0. The molecule has 0 aromatic carbocycles. The molecule has 3 nitrogen and oxygen atoms in total. The van der Waals surface area contributed by atoms with Gasteiger partial charge in [-0.25, -0.2) is 0 Å². The summed E-state index contributed by atoms with van der Waals surface area (Å²) in [5.74, 6) is 2.24. The van der Waals surface area contributed by atoms with Gasteiger partial charge in [0.25, 0.3) is 0 Å². The first-order chi connectivity index (χ1) is 11.6. The van der Waals surface area contributed by atoms with Crippen molar-refractivity contribution in [3.63, 3.8) is 0 Å². The Labute approximate surface area is 154 Å². The second kappa shape index (κ2) is 8.03. The molecule has 9 atom stereocenters. The normalized spacial score (nSPS) is 47.2. The number of ether oxygens (including phenoxy) is 3. The van der Waals surface area contributed by atoms with Gasteiger partial charge >= 0.3 is 0 Å². The largest absolute Gasteiger partial charge is 0.371 e. The highest BCUT2D eigenvalue weighted by atomic mass is 79.9. The van der Waals surface area contributed by atoms with Crippen LogP contribution in [0.2, 0.25) is 0 Å². The molecule has 1 heterocycles. The molecule has 0 N–H and O–H groups in total. The van der Waals surface area contributed by atoms with E-state index in [2.05, 4.69) is 36.0 Å². The van der Waals surface area contributed by atoms with Crippen molar-refractivity contribution in [1.29, 1.82) is 0 Å². The fraction of sp³-hybridized carbons (Fsp3) is 0.800. The van der Waals surface area contributed by atoms with Gasteiger partial charge in [-0.05, 0) is 49.9 Å². The zero-order valence-electron chi connectivity index (χ0n) is 14.9. The molecule has 24 heavy (non-hydrogen) atoms. The molecule has 1 aliphatic heterocycles. The van der Waals surface area contributed by atoms with Gasteiger partial charge < -0.3 is 14.2 Å². The minimum absolute atomic E-state index is 0.0559. The van der Waals surface area contributed by atoms with E-state index < -0.39 is 0 Å². The lowest BCUT2D eigenvalue weighted by Gasteiger charge is -2.46. The summed E-state index contributed by atoms with van der Waals surface area (Å²) >= 11 is 3.95. The summed E-state index contributed by atoms with van der Waals surface area (Å²) in [5.41, 5.74) is 0. The molecule has 0 amide bonds. The topological polar surface area (TPSA) is 27.7 Å². The summed E-state index contributed by atoms with van der Waals surface area (Å²) in [6, 6.07) is 0. The van der Waals surface area contributed by atoms with E-state index in [1.54, 1.807) is 7.11 Å². The van der Waals surface area contributed by atoms with E-state index in [-0.39, 0.29) is 24.6 Å². The number of alkyl halides is 1. The van der Waals surface area contributed by atoms with Gasteiger partial charge in [-0.2, -0.15) is 0 Å². The van der Waals surface area contributed by atoms with Crippen LogP contribution in [0.25, 0.3) is 0 Å². The molecule has 0 unspecified atom stereocenters. The van der Waals surface area contributed by atoms with E-state index in [1.165, 1.54) is 6.42 Å². The van der Waals surface area contributed by atoms with Crippen molar-refractivity contribution in [3.05, 3.63) is 25.3 Å². The Morgan fingerprint density at radius 1 is 1.08 bits per heavy atom. The standard InChI is InChI=1S/C20H31BrO3/c1-5-7-9-15-16(10-8-6-2)24-20(22-4)17-12(3)13-11-14(17)19(23-15)18(13)21/h5-6,12-20H,1-2,7-11H2,3-4H3/t12-,13+,14-,15+,16-,17+,18+,19+,20+/m0/s1. The first-order valence-corrected chi connectivity index (χ1v) is 10.2. The van der Waals surface area contributed by atoms with Crippen LogP contribution in [0.5, 0.6) is 0 Å². The summed E-state index contributed by atoms with van der Waals surface area (Å²) in [6.07, 6.45) is 9.23. The Morgan fingerprint density at radius 3 is 2.25 bits per heavy atom. The highest BCUT2D eigenvalue weighted by Gasteiger charge is 2.60. The van der Waals surface area contributed by atoms with Crippen LogP contribution in [0.4, 0.5) is 0 Å². The van der Waals surface area contributed by atoms with E-state index in [9.17, 15) is 0 Å². The molecule has 3 aliphatic rings. The van der Waals surface area contributed by atoms with Gasteiger partial charge in [0.2, 0.25) is 0 Å². The average Bonchev–Trinajstić information content (AvgIpc) is 3.05. The Kier molecular flexibility index (Phi) is 6.23. The van der Waals surface area contributed by atoms with Crippen LogP contribution in [-0.2, 0) is 14.2 Å². The number of methoxy groups -OCH3 is 1. The van der Waals surface area contributed by atoms with Gasteiger partial charge in [-0.3, -0.25) is 0 Å². The van der Waals surface area contributed by atoms with E-state index in [0.29, 0.717) is 28.5 Å². The van der Waals surface area contributed by atoms with Crippen LogP contribution in [0.15, 0.2) is 25.3 Å². The van der Waals surface area contributed by atoms with Gasteiger partial charge in [-0.1, -0.05) is 35.0 Å². The Hall–Kier alpha value is -0.160. The molecule has 2 aliphatic carbocycles. The highest BCUT2D eigenvalue weighted by molar-refractivity contribution is 9.09. The van der Waals surface area contributed by atoms with E-state index in [4.69, 9.17) is 14.2 Å². The zero-order valence-corrected chi connectivity index (χ0v) is 16.5. The van der Waals surface area contributed by atoms with Crippen LogP contribution in [-0.4, -0.2) is 36.5 Å². The lowest BCUT2D eigenvalue weighted by atomic mass is 9.77. The number of fused-ring (bicyclic) bond motifs is 1. The molecule has 4 heteroatoms. The van der Waals surface area contributed by atoms with Crippen LogP contribution in [0.3, 0.4) is 0 Å². The molecule has 136 valence electrons. The number of rotatable bonds is 7. The fourth-order valence-electron chi connectivity index (χ4n) is 5.16. The van der Waals surface area contributed by atoms with E-state index in [0.717, 1.165) is 25.7 Å². The third-order valence-corrected chi connectivity index (χ3v) is 7.58. The minimum atomic E-state index is -0.123. The summed E-state index contributed by atoms with van der Waals surface area (Å²) in [6.45, 7) is 10.1. The van der Waals surface area contributed by atoms with E-state index >= 15 is 0 Å². The Morgan fingerprint density at radius 2 is 1.71 bits per heavy atom. The number of hydrogen-bond donors (Lipinski definition) is 0.